The minimum Gasteiger partial charge on any atom is -0.492 e. The van der Waals surface area contributed by atoms with E-state index in [1.807, 2.05) is 12.1 Å². The average molecular weight is 535 g/mol. The highest BCUT2D eigenvalue weighted by Gasteiger charge is 2.32. The molecule has 0 unspecified atom stereocenters. The summed E-state index contributed by atoms with van der Waals surface area (Å²) in [7, 11) is -3.63. The Hall–Kier alpha value is -3.44. The zero-order chi connectivity index (χ0) is 26.8. The van der Waals surface area contributed by atoms with Gasteiger partial charge < -0.3 is 14.8 Å². The first-order valence-electron chi connectivity index (χ1n) is 11.4. The van der Waals surface area contributed by atoms with Crippen molar-refractivity contribution in [3.8, 4) is 16.9 Å². The zero-order valence-corrected chi connectivity index (χ0v) is 20.9. The molecule has 2 heterocycles. The van der Waals surface area contributed by atoms with Gasteiger partial charge in [-0.1, -0.05) is 18.2 Å². The highest BCUT2D eigenvalue weighted by molar-refractivity contribution is 7.89. The second-order valence-electron chi connectivity index (χ2n) is 9.02. The van der Waals surface area contributed by atoms with Crippen molar-refractivity contribution in [2.24, 2.45) is 5.92 Å². The summed E-state index contributed by atoms with van der Waals surface area (Å²) >= 11 is 0. The number of ether oxygens (including phenoxy) is 2. The topological polar surface area (TPSA) is 94.6 Å². The molecule has 0 aliphatic carbocycles. The Bertz CT molecular complexity index is 1420. The quantitative estimate of drug-likeness (QED) is 0.442. The van der Waals surface area contributed by atoms with Gasteiger partial charge in [-0.05, 0) is 42.8 Å². The lowest BCUT2D eigenvalue weighted by Crippen LogP contribution is -2.32. The summed E-state index contributed by atoms with van der Waals surface area (Å²) in [5.41, 5.74) is 0.596. The number of benzene rings is 2. The van der Waals surface area contributed by atoms with Crippen molar-refractivity contribution in [3.05, 3.63) is 77.1 Å². The molecule has 196 valence electrons. The van der Waals surface area contributed by atoms with Gasteiger partial charge in [-0.25, -0.2) is 8.42 Å². The van der Waals surface area contributed by atoms with E-state index in [0.717, 1.165) is 18.4 Å². The van der Waals surface area contributed by atoms with Crippen LogP contribution in [0.3, 0.4) is 0 Å². The van der Waals surface area contributed by atoms with Gasteiger partial charge >= 0.3 is 6.18 Å². The molecule has 1 aliphatic rings. The van der Waals surface area contributed by atoms with Crippen LogP contribution in [0.25, 0.3) is 11.1 Å². The number of sulfone groups is 1. The SMILES string of the molecule is Cc1cc(-c2ccccc2OCC2COC2)c(NC(=O)c2cc(CS(C)(=O)=O)cc(C(F)(F)F)c2)cn1. The molecule has 1 aliphatic heterocycles. The summed E-state index contributed by atoms with van der Waals surface area (Å²) < 4.78 is 75.1. The number of nitrogens with zero attached hydrogens (tertiary/aromatic N) is 1. The van der Waals surface area contributed by atoms with Crippen molar-refractivity contribution in [2.45, 2.75) is 18.9 Å². The van der Waals surface area contributed by atoms with Crippen LogP contribution < -0.4 is 10.1 Å². The summed E-state index contributed by atoms with van der Waals surface area (Å²) in [4.78, 5) is 17.4. The van der Waals surface area contributed by atoms with Gasteiger partial charge in [0, 0.05) is 34.6 Å². The van der Waals surface area contributed by atoms with Crippen molar-refractivity contribution in [3.63, 3.8) is 0 Å². The van der Waals surface area contributed by atoms with E-state index in [4.69, 9.17) is 9.47 Å². The maximum atomic E-state index is 13.5. The molecule has 1 fully saturated rings. The standard InChI is InChI=1S/C26H25F3N2O5S/c1-16-7-22(21-5-3-4-6-24(21)36-14-18-12-35-13-18)23(11-30-16)31-25(32)19-8-17(15-37(2,33)34)9-20(10-19)26(27,28)29/h3-11,18H,12-15H2,1-2H3,(H,31,32). The number of pyridine rings is 1. The molecule has 11 heteroatoms. The zero-order valence-electron chi connectivity index (χ0n) is 20.1. The van der Waals surface area contributed by atoms with Crippen LogP contribution >= 0.6 is 0 Å². The van der Waals surface area contributed by atoms with Crippen molar-refractivity contribution >= 4 is 21.4 Å². The Kier molecular flexibility index (Phi) is 7.56. The van der Waals surface area contributed by atoms with E-state index in [9.17, 15) is 26.4 Å². The number of para-hydroxylation sites is 1. The first-order valence-corrected chi connectivity index (χ1v) is 13.4. The lowest BCUT2D eigenvalue weighted by molar-refractivity contribution is -0.137. The molecule has 1 amide bonds. The van der Waals surface area contributed by atoms with Gasteiger partial charge in [0.2, 0.25) is 0 Å². The average Bonchev–Trinajstić information content (AvgIpc) is 2.77. The number of carbonyl (C=O) groups excluding carboxylic acids is 1. The fraction of sp³-hybridized carbons (Fsp3) is 0.308. The van der Waals surface area contributed by atoms with E-state index in [1.165, 1.54) is 6.20 Å². The van der Waals surface area contributed by atoms with E-state index in [0.29, 0.717) is 48.5 Å². The molecular weight excluding hydrogens is 509 g/mol. The van der Waals surface area contributed by atoms with E-state index in [-0.39, 0.29) is 22.7 Å². The summed E-state index contributed by atoms with van der Waals surface area (Å²) in [5, 5.41) is 2.64. The van der Waals surface area contributed by atoms with Crippen LogP contribution in [-0.4, -0.2) is 45.4 Å². The third kappa shape index (κ3) is 6.86. The number of rotatable bonds is 8. The van der Waals surface area contributed by atoms with E-state index >= 15 is 0 Å². The van der Waals surface area contributed by atoms with Gasteiger partial charge in [0.25, 0.3) is 5.91 Å². The van der Waals surface area contributed by atoms with Gasteiger partial charge in [-0.3, -0.25) is 9.78 Å². The molecular formula is C26H25F3N2O5S. The van der Waals surface area contributed by atoms with E-state index in [2.05, 4.69) is 10.3 Å². The third-order valence-corrected chi connectivity index (χ3v) is 6.52. The Balaban J connectivity index is 1.68. The van der Waals surface area contributed by atoms with E-state index in [1.54, 1.807) is 25.1 Å². The van der Waals surface area contributed by atoms with Crippen LogP contribution in [0, 0.1) is 12.8 Å². The Morgan fingerprint density at radius 1 is 1.14 bits per heavy atom. The first kappa shape index (κ1) is 26.6. The second kappa shape index (κ2) is 10.5. The number of anilines is 1. The third-order valence-electron chi connectivity index (χ3n) is 5.66. The number of carbonyl (C=O) groups is 1. The second-order valence-corrected chi connectivity index (χ2v) is 11.2. The predicted molar refractivity (Wildman–Crippen MR) is 132 cm³/mol. The lowest BCUT2D eigenvalue weighted by Gasteiger charge is -2.26. The minimum atomic E-state index is -4.76. The number of amides is 1. The fourth-order valence-corrected chi connectivity index (χ4v) is 4.63. The van der Waals surface area contributed by atoms with Crippen LogP contribution in [-0.2, 0) is 26.5 Å². The number of hydrogen-bond acceptors (Lipinski definition) is 6. The summed E-state index contributed by atoms with van der Waals surface area (Å²) in [6.45, 7) is 3.47. The number of alkyl halides is 3. The predicted octanol–water partition coefficient (Wildman–Crippen LogP) is 4.90. The van der Waals surface area contributed by atoms with Crippen molar-refractivity contribution in [1.82, 2.24) is 4.98 Å². The smallest absolute Gasteiger partial charge is 0.416 e. The van der Waals surface area contributed by atoms with Gasteiger partial charge in [-0.2, -0.15) is 13.2 Å². The molecule has 0 bridgehead atoms. The number of hydrogen-bond donors (Lipinski definition) is 1. The molecule has 2 aromatic carbocycles. The van der Waals surface area contributed by atoms with Gasteiger partial charge in [-0.15, -0.1) is 0 Å². The van der Waals surface area contributed by atoms with Crippen LogP contribution in [0.4, 0.5) is 18.9 Å². The van der Waals surface area contributed by atoms with Gasteiger partial charge in [0.05, 0.1) is 43.0 Å². The molecule has 37 heavy (non-hydrogen) atoms. The molecule has 0 radical (unpaired) electrons. The summed E-state index contributed by atoms with van der Waals surface area (Å²) in [5.74, 6) is -0.609. The number of nitrogens with one attached hydrogen (secondary N) is 1. The van der Waals surface area contributed by atoms with Crippen LogP contribution in [0.2, 0.25) is 0 Å². The molecule has 1 saturated heterocycles. The molecule has 0 spiro atoms. The van der Waals surface area contributed by atoms with Crippen molar-refractivity contribution < 1.29 is 35.9 Å². The largest absolute Gasteiger partial charge is 0.492 e. The first-order chi connectivity index (χ1) is 17.4. The fourth-order valence-electron chi connectivity index (χ4n) is 3.85. The van der Waals surface area contributed by atoms with E-state index < -0.39 is 33.2 Å². The van der Waals surface area contributed by atoms with Gasteiger partial charge in [0.15, 0.2) is 9.84 Å². The monoisotopic (exact) mass is 534 g/mol. The number of halogens is 3. The molecule has 7 nitrogen and oxygen atoms in total. The van der Waals surface area contributed by atoms with Crippen LogP contribution in [0.1, 0.15) is 27.2 Å². The Morgan fingerprint density at radius 2 is 1.86 bits per heavy atom. The molecule has 4 rings (SSSR count). The molecule has 0 saturated carbocycles. The lowest BCUT2D eigenvalue weighted by atomic mass is 10.0. The Labute approximate surface area is 212 Å². The van der Waals surface area contributed by atoms with Gasteiger partial charge in [0.1, 0.15) is 5.75 Å². The maximum Gasteiger partial charge on any atom is 0.416 e. The van der Waals surface area contributed by atoms with Crippen LogP contribution in [0.5, 0.6) is 5.75 Å². The maximum absolute atomic E-state index is 13.5. The highest BCUT2D eigenvalue weighted by atomic mass is 32.2. The van der Waals surface area contributed by atoms with Crippen molar-refractivity contribution in [1.29, 1.82) is 0 Å². The molecule has 1 aromatic heterocycles. The minimum absolute atomic E-state index is 0.136. The Morgan fingerprint density at radius 3 is 2.51 bits per heavy atom. The number of aryl methyl sites for hydroxylation is 1. The summed E-state index contributed by atoms with van der Waals surface area (Å²) in [6.07, 6.45) is -2.43. The molecule has 1 N–H and O–H groups in total. The van der Waals surface area contributed by atoms with Crippen molar-refractivity contribution in [2.75, 3.05) is 31.4 Å². The molecule has 3 aromatic rings. The normalized spacial score (nSPS) is 14.2. The number of aromatic nitrogens is 1. The molecule has 0 atom stereocenters. The highest BCUT2D eigenvalue weighted by Crippen LogP contribution is 2.36. The van der Waals surface area contributed by atoms with Crippen LogP contribution in [0.15, 0.2) is 54.7 Å². The summed E-state index contributed by atoms with van der Waals surface area (Å²) in [6, 6.07) is 11.5.